The summed E-state index contributed by atoms with van der Waals surface area (Å²) in [7, 11) is 1.56. The third-order valence-electron chi connectivity index (χ3n) is 4.08. The van der Waals surface area contributed by atoms with Crippen molar-refractivity contribution in [3.05, 3.63) is 64.2 Å². The van der Waals surface area contributed by atoms with Gasteiger partial charge in [0.05, 0.1) is 17.2 Å². The van der Waals surface area contributed by atoms with E-state index >= 15 is 0 Å². The second kappa shape index (κ2) is 9.02. The Bertz CT molecular complexity index is 811. The average molecular weight is 389 g/mol. The minimum atomic E-state index is -0.285. The summed E-state index contributed by atoms with van der Waals surface area (Å²) >= 11 is 6.19. The van der Waals surface area contributed by atoms with Gasteiger partial charge < -0.3 is 15.4 Å². The Morgan fingerprint density at radius 2 is 1.70 bits per heavy atom. The summed E-state index contributed by atoms with van der Waals surface area (Å²) < 4.78 is 4.89. The molecule has 0 heterocycles. The van der Waals surface area contributed by atoms with Crippen LogP contribution >= 0.6 is 11.6 Å². The maximum atomic E-state index is 12.4. The van der Waals surface area contributed by atoms with Gasteiger partial charge in [0.2, 0.25) is 0 Å². The first-order valence-corrected chi connectivity index (χ1v) is 9.09. The van der Waals surface area contributed by atoms with Gasteiger partial charge in [-0.25, -0.2) is 0 Å². The molecule has 2 aromatic carbocycles. The molecule has 144 valence electrons. The molecule has 0 bridgehead atoms. The minimum Gasteiger partial charge on any atom is -0.383 e. The number of methoxy groups -OCH3 is 1. The molecule has 0 saturated heterocycles. The fourth-order valence-electron chi connectivity index (χ4n) is 2.46. The maximum Gasteiger partial charge on any atom is 0.255 e. The quantitative estimate of drug-likeness (QED) is 0.726. The van der Waals surface area contributed by atoms with Crippen LogP contribution in [0.1, 0.15) is 47.1 Å². The molecule has 0 spiro atoms. The summed E-state index contributed by atoms with van der Waals surface area (Å²) in [5.41, 5.74) is 2.62. The van der Waals surface area contributed by atoms with Gasteiger partial charge in [0.1, 0.15) is 0 Å². The molecular formula is C21H25ClN2O3. The number of anilines is 1. The van der Waals surface area contributed by atoms with Crippen LogP contribution in [0.5, 0.6) is 0 Å². The van der Waals surface area contributed by atoms with Crippen LogP contribution in [0.2, 0.25) is 5.02 Å². The van der Waals surface area contributed by atoms with Gasteiger partial charge in [-0.2, -0.15) is 0 Å². The van der Waals surface area contributed by atoms with E-state index in [4.69, 9.17) is 16.3 Å². The Morgan fingerprint density at radius 1 is 1.04 bits per heavy atom. The summed E-state index contributed by atoms with van der Waals surface area (Å²) in [4.78, 5) is 24.5. The smallest absolute Gasteiger partial charge is 0.255 e. The number of hydrogen-bond donors (Lipinski definition) is 2. The van der Waals surface area contributed by atoms with Crippen LogP contribution in [0.15, 0.2) is 42.5 Å². The molecule has 0 atom stereocenters. The molecule has 0 saturated carbocycles. The van der Waals surface area contributed by atoms with Crippen molar-refractivity contribution in [2.45, 2.75) is 26.2 Å². The van der Waals surface area contributed by atoms with Crippen LogP contribution in [-0.2, 0) is 10.2 Å². The fraction of sp³-hybridized carbons (Fsp3) is 0.333. The second-order valence-electron chi connectivity index (χ2n) is 7.22. The van der Waals surface area contributed by atoms with Crippen molar-refractivity contribution >= 4 is 29.1 Å². The topological polar surface area (TPSA) is 67.4 Å². The van der Waals surface area contributed by atoms with E-state index in [1.807, 2.05) is 12.1 Å². The van der Waals surface area contributed by atoms with Crippen molar-refractivity contribution in [3.63, 3.8) is 0 Å². The highest BCUT2D eigenvalue weighted by atomic mass is 35.5. The number of rotatable bonds is 6. The Kier molecular flexibility index (Phi) is 6.99. The fourth-order valence-corrected chi connectivity index (χ4v) is 2.73. The molecule has 2 amide bonds. The molecule has 0 radical (unpaired) electrons. The van der Waals surface area contributed by atoms with Crippen LogP contribution in [-0.4, -0.2) is 32.1 Å². The van der Waals surface area contributed by atoms with E-state index in [1.54, 1.807) is 37.4 Å². The van der Waals surface area contributed by atoms with Crippen LogP contribution < -0.4 is 10.6 Å². The minimum absolute atomic E-state index is 0.0299. The molecule has 6 heteroatoms. The van der Waals surface area contributed by atoms with E-state index in [1.165, 1.54) is 0 Å². The third-order valence-corrected chi connectivity index (χ3v) is 4.39. The zero-order valence-electron chi connectivity index (χ0n) is 16.1. The molecule has 2 rings (SSSR count). The van der Waals surface area contributed by atoms with Crippen LogP contribution in [0.4, 0.5) is 5.69 Å². The molecule has 0 aliphatic carbocycles. The lowest BCUT2D eigenvalue weighted by Gasteiger charge is -2.19. The number of carbonyl (C=O) groups is 2. The predicted molar refractivity (Wildman–Crippen MR) is 109 cm³/mol. The molecule has 27 heavy (non-hydrogen) atoms. The summed E-state index contributed by atoms with van der Waals surface area (Å²) in [6, 6.07) is 12.3. The van der Waals surface area contributed by atoms with Gasteiger partial charge in [-0.15, -0.1) is 0 Å². The lowest BCUT2D eigenvalue weighted by Crippen LogP contribution is -2.27. The number of halogens is 1. The van der Waals surface area contributed by atoms with Gasteiger partial charge in [-0.05, 0) is 41.3 Å². The van der Waals surface area contributed by atoms with Gasteiger partial charge in [0.15, 0.2) is 0 Å². The molecule has 0 aliphatic heterocycles. The number of hydrogen-bond acceptors (Lipinski definition) is 3. The van der Waals surface area contributed by atoms with Crippen molar-refractivity contribution in [3.8, 4) is 0 Å². The lowest BCUT2D eigenvalue weighted by molar-refractivity contribution is 0.0937. The first-order valence-electron chi connectivity index (χ1n) is 8.71. The number of amides is 2. The normalized spacial score (nSPS) is 11.1. The highest BCUT2D eigenvalue weighted by molar-refractivity contribution is 6.34. The SMILES string of the molecule is COCCNC(=O)c1ccc(NC(=O)c2ccc(C(C)(C)C)cc2)cc1Cl. The number of benzene rings is 2. The van der Waals surface area contributed by atoms with E-state index in [-0.39, 0.29) is 22.3 Å². The van der Waals surface area contributed by atoms with E-state index < -0.39 is 0 Å². The molecular weight excluding hydrogens is 364 g/mol. The zero-order chi connectivity index (χ0) is 20.0. The van der Waals surface area contributed by atoms with Crippen molar-refractivity contribution in [2.75, 3.05) is 25.6 Å². The second-order valence-corrected chi connectivity index (χ2v) is 7.63. The van der Waals surface area contributed by atoms with Gasteiger partial charge in [0.25, 0.3) is 11.8 Å². The third kappa shape index (κ3) is 5.81. The monoisotopic (exact) mass is 388 g/mol. The van der Waals surface area contributed by atoms with E-state index in [9.17, 15) is 9.59 Å². The summed E-state index contributed by atoms with van der Waals surface area (Å²) in [6.07, 6.45) is 0. The van der Waals surface area contributed by atoms with Gasteiger partial charge >= 0.3 is 0 Å². The first-order chi connectivity index (χ1) is 12.7. The molecule has 0 aromatic heterocycles. The van der Waals surface area contributed by atoms with Crippen molar-refractivity contribution in [2.24, 2.45) is 0 Å². The number of nitrogens with one attached hydrogen (secondary N) is 2. The van der Waals surface area contributed by atoms with Gasteiger partial charge in [-0.3, -0.25) is 9.59 Å². The van der Waals surface area contributed by atoms with Crippen LogP contribution in [0, 0.1) is 0 Å². The summed E-state index contributed by atoms with van der Waals surface area (Å²) in [5.74, 6) is -0.517. The Hall–Kier alpha value is -2.37. The van der Waals surface area contributed by atoms with E-state index in [0.29, 0.717) is 30.0 Å². The highest BCUT2D eigenvalue weighted by Gasteiger charge is 2.15. The van der Waals surface area contributed by atoms with Crippen molar-refractivity contribution < 1.29 is 14.3 Å². The zero-order valence-corrected chi connectivity index (χ0v) is 16.8. The predicted octanol–water partition coefficient (Wildman–Crippen LogP) is 4.27. The number of ether oxygens (including phenoxy) is 1. The van der Waals surface area contributed by atoms with Gasteiger partial charge in [0, 0.05) is 24.9 Å². The van der Waals surface area contributed by atoms with Crippen LogP contribution in [0.3, 0.4) is 0 Å². The average Bonchev–Trinajstić information content (AvgIpc) is 2.61. The largest absolute Gasteiger partial charge is 0.383 e. The number of carbonyl (C=O) groups excluding carboxylic acids is 2. The van der Waals surface area contributed by atoms with E-state index in [2.05, 4.69) is 31.4 Å². The first kappa shape index (κ1) is 20.9. The van der Waals surface area contributed by atoms with Gasteiger partial charge in [-0.1, -0.05) is 44.5 Å². The van der Waals surface area contributed by atoms with Crippen molar-refractivity contribution in [1.82, 2.24) is 5.32 Å². The standard InChI is InChI=1S/C21H25ClN2O3/c1-21(2,3)15-7-5-14(6-8-15)19(25)24-16-9-10-17(18(22)13-16)20(26)23-11-12-27-4/h5-10,13H,11-12H2,1-4H3,(H,23,26)(H,24,25). The molecule has 2 aromatic rings. The highest BCUT2D eigenvalue weighted by Crippen LogP contribution is 2.24. The molecule has 0 unspecified atom stereocenters. The maximum absolute atomic E-state index is 12.4. The summed E-state index contributed by atoms with van der Waals surface area (Å²) in [6.45, 7) is 7.19. The van der Waals surface area contributed by atoms with Crippen molar-refractivity contribution in [1.29, 1.82) is 0 Å². The molecule has 5 nitrogen and oxygen atoms in total. The Morgan fingerprint density at radius 3 is 2.26 bits per heavy atom. The molecule has 2 N–H and O–H groups in total. The Balaban J connectivity index is 2.06. The van der Waals surface area contributed by atoms with E-state index in [0.717, 1.165) is 5.56 Å². The molecule has 0 aliphatic rings. The Labute approximate surface area is 165 Å². The lowest BCUT2D eigenvalue weighted by atomic mass is 9.87. The van der Waals surface area contributed by atoms with Crippen LogP contribution in [0.25, 0.3) is 0 Å². The molecule has 0 fully saturated rings. The summed E-state index contributed by atoms with van der Waals surface area (Å²) in [5, 5.41) is 5.78.